The highest BCUT2D eigenvalue weighted by atomic mass is 16.5. The minimum absolute atomic E-state index is 0.00456. The van der Waals surface area contributed by atoms with Crippen molar-refractivity contribution in [2.75, 3.05) is 0 Å². The lowest BCUT2D eigenvalue weighted by atomic mass is 9.92. The third-order valence-electron chi connectivity index (χ3n) is 5.85. The van der Waals surface area contributed by atoms with Gasteiger partial charge in [-0.3, -0.25) is 0 Å². The van der Waals surface area contributed by atoms with Crippen molar-refractivity contribution < 1.29 is 22.6 Å². The first-order chi connectivity index (χ1) is 22.8. The second-order valence-electron chi connectivity index (χ2n) is 7.95. The van der Waals surface area contributed by atoms with E-state index in [0.29, 0.717) is 5.56 Å². The third-order valence-corrected chi connectivity index (χ3v) is 5.85. The summed E-state index contributed by atoms with van der Waals surface area (Å²) in [7, 11) is 0. The zero-order chi connectivity index (χ0) is 34.5. The zero-order valence-corrected chi connectivity index (χ0v) is 18.1. The fourth-order valence-corrected chi connectivity index (χ4v) is 4.12. The van der Waals surface area contributed by atoms with Gasteiger partial charge in [0, 0.05) is 10.9 Å². The molecule has 6 aromatic rings. The highest BCUT2D eigenvalue weighted by Crippen LogP contribution is 2.47. The van der Waals surface area contributed by atoms with Crippen molar-refractivity contribution in [3.63, 3.8) is 0 Å². The van der Waals surface area contributed by atoms with Gasteiger partial charge in [-0.15, -0.1) is 0 Å². The highest BCUT2D eigenvalue weighted by Gasteiger charge is 2.20. The van der Waals surface area contributed by atoms with Crippen LogP contribution in [0.2, 0.25) is 0 Å². The maximum Gasteiger partial charge on any atom is 0.135 e. The molecule has 1 nitrogen and oxygen atoms in total. The molecule has 0 unspecified atom stereocenters. The Labute approximate surface area is 223 Å². The zero-order valence-electron chi connectivity index (χ0n) is 31.1. The van der Waals surface area contributed by atoms with E-state index in [1.165, 1.54) is 0 Å². The first-order valence-corrected chi connectivity index (χ1v) is 10.9. The van der Waals surface area contributed by atoms with Gasteiger partial charge in [-0.1, -0.05) is 115 Å². The Morgan fingerprint density at radius 2 is 1.06 bits per heavy atom. The quantitative estimate of drug-likeness (QED) is 0.255. The molecule has 0 N–H and O–H groups in total. The summed E-state index contributed by atoms with van der Waals surface area (Å²) in [5.74, 6) is -0.772. The van der Waals surface area contributed by atoms with Crippen molar-refractivity contribution in [1.29, 1.82) is 0 Å². The van der Waals surface area contributed by atoms with E-state index in [-0.39, 0.29) is 33.2 Å². The molecule has 35 heavy (non-hydrogen) atoms. The van der Waals surface area contributed by atoms with Crippen LogP contribution >= 0.6 is 0 Å². The van der Waals surface area contributed by atoms with Crippen molar-refractivity contribution in [3.8, 4) is 56.0 Å². The molecule has 1 aliphatic rings. The fourth-order valence-electron chi connectivity index (χ4n) is 4.12. The molecule has 6 aromatic carbocycles. The molecule has 0 saturated heterocycles. The van der Waals surface area contributed by atoms with Crippen LogP contribution < -0.4 is 4.74 Å². The molecule has 0 fully saturated rings. The van der Waals surface area contributed by atoms with Gasteiger partial charge in [0.05, 0.1) is 17.8 Å². The van der Waals surface area contributed by atoms with E-state index in [1.54, 1.807) is 24.3 Å². The summed E-state index contributed by atoms with van der Waals surface area (Å²) in [6.07, 6.45) is 0. The predicted molar refractivity (Wildman–Crippen MR) is 146 cm³/mol. The molecule has 7 rings (SSSR count). The lowest BCUT2D eigenvalue weighted by molar-refractivity contribution is 0.487. The molecule has 0 bridgehead atoms. The molecule has 1 heterocycles. The van der Waals surface area contributed by atoms with Crippen molar-refractivity contribution in [2.45, 2.75) is 0 Å². The van der Waals surface area contributed by atoms with Gasteiger partial charge in [-0.2, -0.15) is 0 Å². The van der Waals surface area contributed by atoms with Crippen LogP contribution in [0.5, 0.6) is 11.5 Å². The molecule has 0 aromatic heterocycles. The average Bonchev–Trinajstić information content (AvgIpc) is 3.09. The number of fused-ring (bicyclic) bond motifs is 2. The number of benzene rings is 6. The van der Waals surface area contributed by atoms with Crippen LogP contribution in [0.25, 0.3) is 55.3 Å². The molecular formula is C34H22O. The van der Waals surface area contributed by atoms with Crippen LogP contribution in [0.4, 0.5) is 0 Å². The Morgan fingerprint density at radius 1 is 0.457 bits per heavy atom. The molecule has 1 heteroatoms. The normalized spacial score (nSPS) is 16.9. The van der Waals surface area contributed by atoms with E-state index in [9.17, 15) is 1.37 Å². The maximum absolute atomic E-state index is 9.24. The minimum atomic E-state index is -0.663. The SMILES string of the molecule is [2H]c1c([2H])c(-c2c([2H])c([2H])c(-c3ccc(-c4ccccc4)cc3)c([2H])c2[2H])c([2H])c2c1Oc1c([2H])c([2H])c([2H])c3c([2H])c([2H])c([2H])c-2c13. The van der Waals surface area contributed by atoms with E-state index in [0.717, 1.165) is 11.1 Å². The van der Waals surface area contributed by atoms with E-state index >= 15 is 0 Å². The number of rotatable bonds is 3. The molecule has 164 valence electrons. The average molecular weight is 460 g/mol. The van der Waals surface area contributed by atoms with E-state index in [4.69, 9.17) is 21.2 Å². The van der Waals surface area contributed by atoms with Crippen LogP contribution in [0.1, 0.15) is 17.8 Å². The molecule has 1 aliphatic heterocycles. The summed E-state index contributed by atoms with van der Waals surface area (Å²) < 4.78 is 119. The standard InChI is InChI=1S/C34H22O/c1-2-6-23(7-3-1)24-12-14-25(15-13-24)26-16-18-27(19-17-26)29-20-21-32-31(22-29)30-10-4-8-28-9-5-11-33(35-32)34(28)30/h1-22H/i4D,5D,8D,9D,10D,11D,16D,17D,18D,19D,20D,21D,22D. The summed E-state index contributed by atoms with van der Waals surface area (Å²) in [4.78, 5) is 0. The lowest BCUT2D eigenvalue weighted by Gasteiger charge is -2.22. The van der Waals surface area contributed by atoms with Gasteiger partial charge >= 0.3 is 0 Å². The minimum Gasteiger partial charge on any atom is -0.456 e. The Balaban J connectivity index is 1.50. The smallest absolute Gasteiger partial charge is 0.135 e. The lowest BCUT2D eigenvalue weighted by Crippen LogP contribution is -1.97. The number of hydrogen-bond acceptors (Lipinski definition) is 1. The predicted octanol–water partition coefficient (Wildman–Crippen LogP) is 9.61. The molecule has 0 radical (unpaired) electrons. The molecule has 0 aliphatic carbocycles. The van der Waals surface area contributed by atoms with Gasteiger partial charge in [0.15, 0.2) is 0 Å². The van der Waals surface area contributed by atoms with Gasteiger partial charge in [0.1, 0.15) is 11.5 Å². The first kappa shape index (κ1) is 10.8. The second-order valence-corrected chi connectivity index (χ2v) is 7.95. The van der Waals surface area contributed by atoms with Crippen LogP contribution in [0, 0.1) is 0 Å². The van der Waals surface area contributed by atoms with Crippen molar-refractivity contribution in [2.24, 2.45) is 0 Å². The highest BCUT2D eigenvalue weighted by molar-refractivity contribution is 6.04. The van der Waals surface area contributed by atoms with Gasteiger partial charge in [0.25, 0.3) is 0 Å². The van der Waals surface area contributed by atoms with E-state index < -0.39 is 95.4 Å². The van der Waals surface area contributed by atoms with Crippen molar-refractivity contribution >= 4 is 10.8 Å². The monoisotopic (exact) mass is 459 g/mol. The first-order valence-electron chi connectivity index (χ1n) is 17.4. The van der Waals surface area contributed by atoms with Crippen molar-refractivity contribution in [3.05, 3.63) is 133 Å². The molecular weight excluding hydrogens is 424 g/mol. The summed E-state index contributed by atoms with van der Waals surface area (Å²) in [6, 6.07) is 9.21. The molecule has 0 spiro atoms. The van der Waals surface area contributed by atoms with Crippen LogP contribution in [0.15, 0.2) is 133 Å². The second kappa shape index (κ2) is 8.00. The Hall–Kier alpha value is -4.62. The Kier molecular flexibility index (Phi) is 2.46. The third kappa shape index (κ3) is 3.41. The van der Waals surface area contributed by atoms with Crippen molar-refractivity contribution in [1.82, 2.24) is 0 Å². The largest absolute Gasteiger partial charge is 0.456 e. The topological polar surface area (TPSA) is 9.23 Å². The van der Waals surface area contributed by atoms with Gasteiger partial charge in [-0.25, -0.2) is 0 Å². The van der Waals surface area contributed by atoms with Crippen LogP contribution in [0.3, 0.4) is 0 Å². The molecule has 0 saturated carbocycles. The summed E-state index contributed by atoms with van der Waals surface area (Å²) in [6.45, 7) is 0. The van der Waals surface area contributed by atoms with Crippen LogP contribution in [-0.2, 0) is 0 Å². The Bertz CT molecular complexity index is 2350. The van der Waals surface area contributed by atoms with E-state index in [1.807, 2.05) is 30.3 Å². The fraction of sp³-hybridized carbons (Fsp3) is 0. The maximum atomic E-state index is 9.24. The van der Waals surface area contributed by atoms with Gasteiger partial charge in [-0.05, 0) is 62.5 Å². The van der Waals surface area contributed by atoms with Crippen LogP contribution in [-0.4, -0.2) is 0 Å². The summed E-state index contributed by atoms with van der Waals surface area (Å²) in [5, 5.41) is -0.383. The summed E-state index contributed by atoms with van der Waals surface area (Å²) >= 11 is 0. The van der Waals surface area contributed by atoms with E-state index in [2.05, 4.69) is 0 Å². The molecule has 0 amide bonds. The number of hydrogen-bond donors (Lipinski definition) is 0. The van der Waals surface area contributed by atoms with Gasteiger partial charge < -0.3 is 4.74 Å². The number of ether oxygens (including phenoxy) is 1. The molecule has 0 atom stereocenters. The Morgan fingerprint density at radius 3 is 1.80 bits per heavy atom. The summed E-state index contributed by atoms with van der Waals surface area (Å²) in [5.41, 5.74) is 0.916. The van der Waals surface area contributed by atoms with Gasteiger partial charge in [0.2, 0.25) is 0 Å².